The predicted octanol–water partition coefficient (Wildman–Crippen LogP) is 3.83. The van der Waals surface area contributed by atoms with Gasteiger partial charge < -0.3 is 4.90 Å². The molecule has 1 aliphatic carbocycles. The summed E-state index contributed by atoms with van der Waals surface area (Å²) in [5, 5.41) is 0.899. The maximum atomic E-state index is 12.1. The Morgan fingerprint density at radius 2 is 1.81 bits per heavy atom. The van der Waals surface area contributed by atoms with E-state index in [2.05, 4.69) is 15.9 Å². The van der Waals surface area contributed by atoms with E-state index in [9.17, 15) is 13.2 Å². The molecule has 0 bridgehead atoms. The second-order valence-electron chi connectivity index (χ2n) is 4.94. The normalized spacial score (nSPS) is 20.6. The number of alkyl halides is 4. The topological polar surface area (TPSA) is 3.24 Å². The highest BCUT2D eigenvalue weighted by Crippen LogP contribution is 2.40. The Hall–Kier alpha value is 0.230. The van der Waals surface area contributed by atoms with Crippen LogP contribution in [0.15, 0.2) is 0 Å². The number of nitrogens with zero attached hydrogens (tertiary/aromatic N) is 1. The molecule has 0 aliphatic heterocycles. The second-order valence-corrected chi connectivity index (χ2v) is 5.50. The second kappa shape index (κ2) is 5.71. The van der Waals surface area contributed by atoms with E-state index in [0.29, 0.717) is 0 Å². The fourth-order valence-corrected chi connectivity index (χ4v) is 3.17. The van der Waals surface area contributed by atoms with Crippen molar-refractivity contribution in [1.29, 1.82) is 0 Å². The standard InChI is InChI=1S/C11H19BrF3N/c1-16(7-6-11(13,14)15)9-10(8-12)4-2-3-5-10/h2-9H2,1H3. The van der Waals surface area contributed by atoms with E-state index in [1.165, 1.54) is 12.8 Å². The highest BCUT2D eigenvalue weighted by atomic mass is 79.9. The van der Waals surface area contributed by atoms with Gasteiger partial charge in [-0.1, -0.05) is 28.8 Å². The van der Waals surface area contributed by atoms with Crippen molar-refractivity contribution in [3.05, 3.63) is 0 Å². The van der Waals surface area contributed by atoms with E-state index < -0.39 is 12.6 Å². The van der Waals surface area contributed by atoms with Crippen molar-refractivity contribution in [2.75, 3.05) is 25.5 Å². The van der Waals surface area contributed by atoms with Gasteiger partial charge in [-0.15, -0.1) is 0 Å². The van der Waals surface area contributed by atoms with E-state index in [0.717, 1.165) is 24.7 Å². The molecular weight excluding hydrogens is 283 g/mol. The average molecular weight is 302 g/mol. The molecule has 96 valence electrons. The van der Waals surface area contributed by atoms with Crippen molar-refractivity contribution < 1.29 is 13.2 Å². The molecule has 0 amide bonds. The maximum Gasteiger partial charge on any atom is 0.390 e. The quantitative estimate of drug-likeness (QED) is 0.698. The third-order valence-corrected chi connectivity index (χ3v) is 4.52. The van der Waals surface area contributed by atoms with Crippen LogP contribution in [0.3, 0.4) is 0 Å². The predicted molar refractivity (Wildman–Crippen MR) is 62.9 cm³/mol. The molecule has 0 heterocycles. The summed E-state index contributed by atoms with van der Waals surface area (Å²) >= 11 is 3.50. The molecule has 0 atom stereocenters. The number of rotatable bonds is 5. The lowest BCUT2D eigenvalue weighted by Crippen LogP contribution is -2.36. The van der Waals surface area contributed by atoms with Crippen molar-refractivity contribution in [2.45, 2.75) is 38.3 Å². The zero-order chi connectivity index (χ0) is 12.2. The van der Waals surface area contributed by atoms with Gasteiger partial charge >= 0.3 is 6.18 Å². The van der Waals surface area contributed by atoms with Gasteiger partial charge in [-0.2, -0.15) is 13.2 Å². The average Bonchev–Trinajstić information content (AvgIpc) is 2.63. The molecule has 5 heteroatoms. The largest absolute Gasteiger partial charge is 0.390 e. The minimum absolute atomic E-state index is 0.109. The van der Waals surface area contributed by atoms with Gasteiger partial charge in [-0.05, 0) is 25.3 Å². The van der Waals surface area contributed by atoms with Gasteiger partial charge in [0.25, 0.3) is 0 Å². The number of hydrogen-bond donors (Lipinski definition) is 0. The summed E-state index contributed by atoms with van der Waals surface area (Å²) in [7, 11) is 1.79. The summed E-state index contributed by atoms with van der Waals surface area (Å²) in [6.07, 6.45) is -0.0615. The third-order valence-electron chi connectivity index (χ3n) is 3.33. The van der Waals surface area contributed by atoms with Crippen molar-refractivity contribution in [2.24, 2.45) is 5.41 Å². The highest BCUT2D eigenvalue weighted by molar-refractivity contribution is 9.09. The van der Waals surface area contributed by atoms with E-state index in [-0.39, 0.29) is 12.0 Å². The van der Waals surface area contributed by atoms with Crippen LogP contribution in [0.25, 0.3) is 0 Å². The van der Waals surface area contributed by atoms with Crippen LogP contribution in [0.2, 0.25) is 0 Å². The van der Waals surface area contributed by atoms with Gasteiger partial charge in [0.15, 0.2) is 0 Å². The number of hydrogen-bond acceptors (Lipinski definition) is 1. The zero-order valence-corrected chi connectivity index (χ0v) is 11.2. The fraction of sp³-hybridized carbons (Fsp3) is 1.00. The molecule has 1 rings (SSSR count). The van der Waals surface area contributed by atoms with E-state index in [1.807, 2.05) is 4.90 Å². The zero-order valence-electron chi connectivity index (χ0n) is 9.62. The molecule has 0 aromatic heterocycles. The van der Waals surface area contributed by atoms with Crippen molar-refractivity contribution in [3.63, 3.8) is 0 Å². The molecule has 1 nitrogen and oxygen atoms in total. The molecule has 0 aromatic rings. The van der Waals surface area contributed by atoms with Crippen molar-refractivity contribution >= 4 is 15.9 Å². The Kier molecular flexibility index (Phi) is 5.10. The molecule has 0 spiro atoms. The lowest BCUT2D eigenvalue weighted by molar-refractivity contribution is -0.137. The van der Waals surface area contributed by atoms with Crippen molar-refractivity contribution in [3.8, 4) is 0 Å². The molecule has 1 aliphatic rings. The van der Waals surface area contributed by atoms with Gasteiger partial charge in [-0.3, -0.25) is 0 Å². The number of halogens is 4. The summed E-state index contributed by atoms with van der Waals surface area (Å²) in [6.45, 7) is 0.882. The van der Waals surface area contributed by atoms with E-state index in [1.54, 1.807) is 7.05 Å². The summed E-state index contributed by atoms with van der Waals surface area (Å²) in [5.74, 6) is 0. The first kappa shape index (κ1) is 14.3. The lowest BCUT2D eigenvalue weighted by atomic mass is 9.88. The first-order valence-electron chi connectivity index (χ1n) is 5.68. The van der Waals surface area contributed by atoms with E-state index in [4.69, 9.17) is 0 Å². The van der Waals surface area contributed by atoms with Crippen LogP contribution in [0, 0.1) is 5.41 Å². The van der Waals surface area contributed by atoms with Gasteiger partial charge in [-0.25, -0.2) is 0 Å². The first-order chi connectivity index (χ1) is 7.37. The summed E-state index contributed by atoms with van der Waals surface area (Å²) in [5.41, 5.74) is 0.209. The Bertz CT molecular complexity index is 212. The molecule has 0 radical (unpaired) electrons. The van der Waals surface area contributed by atoms with Crippen LogP contribution < -0.4 is 0 Å². The summed E-state index contributed by atoms with van der Waals surface area (Å²) in [4.78, 5) is 1.82. The minimum atomic E-state index is -4.04. The van der Waals surface area contributed by atoms with Crippen LogP contribution in [0.1, 0.15) is 32.1 Å². The lowest BCUT2D eigenvalue weighted by Gasteiger charge is -2.32. The van der Waals surface area contributed by atoms with Crippen LogP contribution in [0.5, 0.6) is 0 Å². The minimum Gasteiger partial charge on any atom is -0.305 e. The molecule has 16 heavy (non-hydrogen) atoms. The van der Waals surface area contributed by atoms with Crippen LogP contribution in [0.4, 0.5) is 13.2 Å². The van der Waals surface area contributed by atoms with Crippen LogP contribution in [-0.4, -0.2) is 36.5 Å². The maximum absolute atomic E-state index is 12.1. The molecule has 0 aromatic carbocycles. The third kappa shape index (κ3) is 4.62. The SMILES string of the molecule is CN(CCC(F)(F)F)CC1(CBr)CCCC1. The summed E-state index contributed by atoms with van der Waals surface area (Å²) < 4.78 is 36.2. The molecule has 0 unspecified atom stereocenters. The highest BCUT2D eigenvalue weighted by Gasteiger charge is 2.34. The van der Waals surface area contributed by atoms with Gasteiger partial charge in [0, 0.05) is 18.4 Å². The fourth-order valence-electron chi connectivity index (χ4n) is 2.43. The molecule has 0 N–H and O–H groups in total. The van der Waals surface area contributed by atoms with Gasteiger partial charge in [0.05, 0.1) is 6.42 Å². The van der Waals surface area contributed by atoms with E-state index >= 15 is 0 Å². The molecule has 0 saturated heterocycles. The molecule has 1 saturated carbocycles. The smallest absolute Gasteiger partial charge is 0.305 e. The van der Waals surface area contributed by atoms with Crippen LogP contribution >= 0.6 is 15.9 Å². The Morgan fingerprint density at radius 3 is 2.25 bits per heavy atom. The molecule has 1 fully saturated rings. The van der Waals surface area contributed by atoms with Gasteiger partial charge in [0.1, 0.15) is 0 Å². The van der Waals surface area contributed by atoms with Crippen LogP contribution in [-0.2, 0) is 0 Å². The Labute approximate surface area is 104 Å². The van der Waals surface area contributed by atoms with Crippen molar-refractivity contribution in [1.82, 2.24) is 4.90 Å². The Morgan fingerprint density at radius 1 is 1.25 bits per heavy atom. The first-order valence-corrected chi connectivity index (χ1v) is 6.80. The molecular formula is C11H19BrF3N. The monoisotopic (exact) mass is 301 g/mol. The Balaban J connectivity index is 2.35. The van der Waals surface area contributed by atoms with Gasteiger partial charge in [0.2, 0.25) is 0 Å². The summed E-state index contributed by atoms with van der Waals surface area (Å²) in [6, 6.07) is 0.